The van der Waals surface area contributed by atoms with E-state index in [1.165, 1.54) is 14.2 Å². The molecule has 2 aromatic rings. The molecule has 1 saturated heterocycles. The van der Waals surface area contributed by atoms with Gasteiger partial charge in [0.2, 0.25) is 6.29 Å². The van der Waals surface area contributed by atoms with Crippen molar-refractivity contribution in [1.82, 2.24) is 0 Å². The topological polar surface area (TPSA) is 80.3 Å². The number of carbonyl (C=O) groups excluding carboxylic acids is 2. The van der Waals surface area contributed by atoms with E-state index in [-0.39, 0.29) is 0 Å². The highest BCUT2D eigenvalue weighted by Gasteiger charge is 2.49. The predicted molar refractivity (Wildman–Crippen MR) is 123 cm³/mol. The third kappa shape index (κ3) is 5.48. The van der Waals surface area contributed by atoms with E-state index in [4.69, 9.17) is 23.7 Å². The van der Waals surface area contributed by atoms with Gasteiger partial charge in [0.25, 0.3) is 0 Å². The van der Waals surface area contributed by atoms with Gasteiger partial charge in [-0.3, -0.25) is 0 Å². The molecule has 34 heavy (non-hydrogen) atoms. The van der Waals surface area contributed by atoms with Crippen LogP contribution in [0, 0.1) is 17.8 Å². The number of rotatable bonds is 6. The lowest BCUT2D eigenvalue weighted by Gasteiger charge is -2.43. The molecule has 0 N–H and O–H groups in total. The van der Waals surface area contributed by atoms with Gasteiger partial charge in [-0.15, -0.1) is 0 Å². The van der Waals surface area contributed by atoms with Crippen LogP contribution in [-0.4, -0.2) is 56.9 Å². The Hall–Kier alpha value is -3.18. The lowest BCUT2D eigenvalue weighted by atomic mass is 9.99. The monoisotopic (exact) mass is 464 g/mol. The van der Waals surface area contributed by atoms with Crippen LogP contribution in [0.15, 0.2) is 54.6 Å². The first-order valence-corrected chi connectivity index (χ1v) is 11.3. The highest BCUT2D eigenvalue weighted by Crippen LogP contribution is 2.30. The molecule has 2 aliphatic rings. The van der Waals surface area contributed by atoms with E-state index in [1.807, 2.05) is 6.07 Å². The number of carbonyl (C=O) groups is 2. The average Bonchev–Trinajstić information content (AvgIpc) is 3.69. The number of benzene rings is 2. The van der Waals surface area contributed by atoms with E-state index < -0.39 is 42.6 Å². The van der Waals surface area contributed by atoms with Crippen LogP contribution in [0.3, 0.4) is 0 Å². The summed E-state index contributed by atoms with van der Waals surface area (Å²) in [6.45, 7) is 1.78. The fourth-order valence-corrected chi connectivity index (χ4v) is 3.90. The number of hydrogen-bond acceptors (Lipinski definition) is 7. The second kappa shape index (κ2) is 10.8. The SMILES string of the molecule is CO[C@H]1[C@H](OC)[C@@H](C)OC(OC(=O)c2ccccc2C#CC2CC2)[C@H]1OC(=O)c1ccccc1. The van der Waals surface area contributed by atoms with Crippen molar-refractivity contribution in [2.45, 2.75) is 50.5 Å². The molecule has 0 bridgehead atoms. The van der Waals surface area contributed by atoms with Crippen molar-refractivity contribution in [2.24, 2.45) is 5.92 Å². The molecule has 178 valence electrons. The third-order valence-electron chi connectivity index (χ3n) is 5.88. The van der Waals surface area contributed by atoms with E-state index in [1.54, 1.807) is 55.5 Å². The van der Waals surface area contributed by atoms with Gasteiger partial charge in [0, 0.05) is 25.7 Å². The first kappa shape index (κ1) is 24.0. The highest BCUT2D eigenvalue weighted by molar-refractivity contribution is 5.92. The molecule has 1 unspecified atom stereocenters. The molecule has 1 aliphatic heterocycles. The van der Waals surface area contributed by atoms with Crippen molar-refractivity contribution in [2.75, 3.05) is 14.2 Å². The maximum atomic E-state index is 13.2. The maximum Gasteiger partial charge on any atom is 0.341 e. The summed E-state index contributed by atoms with van der Waals surface area (Å²) in [7, 11) is 3.01. The summed E-state index contributed by atoms with van der Waals surface area (Å²) in [5, 5.41) is 0. The van der Waals surface area contributed by atoms with Crippen molar-refractivity contribution in [3.8, 4) is 11.8 Å². The molecular weight excluding hydrogens is 436 g/mol. The first-order valence-electron chi connectivity index (χ1n) is 11.3. The normalized spacial score (nSPS) is 26.1. The molecule has 4 rings (SSSR count). The highest BCUT2D eigenvalue weighted by atomic mass is 16.7. The summed E-state index contributed by atoms with van der Waals surface area (Å²) in [6, 6.07) is 15.5. The first-order chi connectivity index (χ1) is 16.5. The van der Waals surface area contributed by atoms with E-state index >= 15 is 0 Å². The van der Waals surface area contributed by atoms with Gasteiger partial charge in [0.05, 0.1) is 17.2 Å². The number of hydrogen-bond donors (Lipinski definition) is 0. The molecule has 2 aromatic carbocycles. The standard InChI is InChI=1S/C27H28O7/c1-17-22(30-2)23(31-3)24(33-25(28)20-10-5-4-6-11-20)27(32-17)34-26(29)21-12-8-7-9-19(21)16-15-18-13-14-18/h4-12,17-18,22-24,27H,13-14H2,1-3H3/t17-,22-,23+,24+,27?/m1/s1. The summed E-state index contributed by atoms with van der Waals surface area (Å²) >= 11 is 0. The van der Waals surface area contributed by atoms with Crippen molar-refractivity contribution in [3.05, 3.63) is 71.3 Å². The zero-order valence-electron chi connectivity index (χ0n) is 19.4. The van der Waals surface area contributed by atoms with E-state index in [0.717, 1.165) is 12.8 Å². The summed E-state index contributed by atoms with van der Waals surface area (Å²) in [4.78, 5) is 26.0. The Balaban J connectivity index is 1.58. The van der Waals surface area contributed by atoms with Crippen molar-refractivity contribution in [1.29, 1.82) is 0 Å². The largest absolute Gasteiger partial charge is 0.449 e. The van der Waals surface area contributed by atoms with E-state index in [2.05, 4.69) is 11.8 Å². The smallest absolute Gasteiger partial charge is 0.341 e. The van der Waals surface area contributed by atoms with Gasteiger partial charge in [-0.25, -0.2) is 9.59 Å². The molecule has 2 fully saturated rings. The van der Waals surface area contributed by atoms with Gasteiger partial charge in [-0.2, -0.15) is 0 Å². The minimum Gasteiger partial charge on any atom is -0.449 e. The van der Waals surface area contributed by atoms with Gasteiger partial charge in [0.1, 0.15) is 12.2 Å². The number of esters is 2. The Morgan fingerprint density at radius 1 is 0.853 bits per heavy atom. The van der Waals surface area contributed by atoms with Gasteiger partial charge in [0.15, 0.2) is 6.10 Å². The number of methoxy groups -OCH3 is 2. The van der Waals surface area contributed by atoms with Gasteiger partial charge >= 0.3 is 11.9 Å². The van der Waals surface area contributed by atoms with Crippen molar-refractivity contribution < 1.29 is 33.3 Å². The lowest BCUT2D eigenvalue weighted by molar-refractivity contribution is -0.284. The summed E-state index contributed by atoms with van der Waals surface area (Å²) in [5.74, 6) is 5.43. The van der Waals surface area contributed by atoms with Crippen LogP contribution in [0.25, 0.3) is 0 Å². The minimum absolute atomic E-state index is 0.322. The second-order valence-electron chi connectivity index (χ2n) is 8.34. The Bertz CT molecular complexity index is 1070. The van der Waals surface area contributed by atoms with Gasteiger partial charge in [-0.1, -0.05) is 42.2 Å². The fourth-order valence-electron chi connectivity index (χ4n) is 3.90. The zero-order chi connectivity index (χ0) is 24.1. The molecule has 1 aliphatic carbocycles. The van der Waals surface area contributed by atoms with Crippen LogP contribution >= 0.6 is 0 Å². The third-order valence-corrected chi connectivity index (χ3v) is 5.88. The Labute approximate surface area is 199 Å². The fraction of sp³-hybridized carbons (Fsp3) is 0.407. The molecule has 0 aromatic heterocycles. The quantitative estimate of drug-likeness (QED) is 0.477. The molecule has 0 spiro atoms. The Morgan fingerprint density at radius 2 is 1.53 bits per heavy atom. The van der Waals surface area contributed by atoms with Crippen LogP contribution in [0.1, 0.15) is 46.0 Å². The van der Waals surface area contributed by atoms with Gasteiger partial charge in [-0.05, 0) is 44.0 Å². The molecule has 5 atom stereocenters. The predicted octanol–water partition coefficient (Wildman–Crippen LogP) is 3.61. The molecule has 0 amide bonds. The van der Waals surface area contributed by atoms with Crippen molar-refractivity contribution >= 4 is 11.9 Å². The van der Waals surface area contributed by atoms with E-state index in [0.29, 0.717) is 22.6 Å². The molecule has 1 heterocycles. The molecule has 7 heteroatoms. The molecule has 1 saturated carbocycles. The maximum absolute atomic E-state index is 13.2. The lowest BCUT2D eigenvalue weighted by Crippen LogP contribution is -2.60. The minimum atomic E-state index is -1.20. The zero-order valence-corrected chi connectivity index (χ0v) is 19.4. The Kier molecular flexibility index (Phi) is 7.63. The second-order valence-corrected chi connectivity index (χ2v) is 8.34. The number of ether oxygens (including phenoxy) is 5. The Morgan fingerprint density at radius 3 is 2.21 bits per heavy atom. The van der Waals surface area contributed by atoms with E-state index in [9.17, 15) is 9.59 Å². The van der Waals surface area contributed by atoms with Gasteiger partial charge < -0.3 is 23.7 Å². The van der Waals surface area contributed by atoms with Crippen LogP contribution < -0.4 is 0 Å². The molecule has 0 radical (unpaired) electrons. The summed E-state index contributed by atoms with van der Waals surface area (Å²) < 4.78 is 28.6. The molecular formula is C27H28O7. The summed E-state index contributed by atoms with van der Waals surface area (Å²) in [6.07, 6.45) is -1.82. The van der Waals surface area contributed by atoms with Crippen molar-refractivity contribution in [3.63, 3.8) is 0 Å². The van der Waals surface area contributed by atoms with Crippen LogP contribution in [-0.2, 0) is 23.7 Å². The van der Waals surface area contributed by atoms with Crippen LogP contribution in [0.2, 0.25) is 0 Å². The van der Waals surface area contributed by atoms with Crippen LogP contribution in [0.5, 0.6) is 0 Å². The summed E-state index contributed by atoms with van der Waals surface area (Å²) in [5.41, 5.74) is 1.26. The average molecular weight is 465 g/mol. The molecule has 7 nitrogen and oxygen atoms in total. The van der Waals surface area contributed by atoms with Crippen LogP contribution in [0.4, 0.5) is 0 Å².